The van der Waals surface area contributed by atoms with Gasteiger partial charge in [0.05, 0.1) is 35.8 Å². The summed E-state index contributed by atoms with van der Waals surface area (Å²) in [4.78, 5) is 6.27. The van der Waals surface area contributed by atoms with E-state index >= 15 is 0 Å². The first-order chi connectivity index (χ1) is 17.3. The number of likely N-dealkylation sites (tertiary alicyclic amines) is 1. The Balaban J connectivity index is 0.00000176. The maximum absolute atomic E-state index is 13.4. The molecule has 6 nitrogen and oxygen atoms in total. The van der Waals surface area contributed by atoms with Crippen LogP contribution in [0.25, 0.3) is 10.9 Å². The second kappa shape index (κ2) is 12.5. The van der Waals surface area contributed by atoms with E-state index in [0.717, 1.165) is 43.5 Å². The van der Waals surface area contributed by atoms with Crippen LogP contribution in [0.4, 0.5) is 24.5 Å². The Morgan fingerprint density at radius 3 is 2.56 bits per heavy atom. The summed E-state index contributed by atoms with van der Waals surface area (Å²) in [7, 11) is 0. The van der Waals surface area contributed by atoms with E-state index in [1.807, 2.05) is 19.9 Å². The highest BCUT2D eigenvalue weighted by Crippen LogP contribution is 2.31. The number of fused-ring (bicyclic) bond motifs is 1. The molecule has 0 amide bonds. The highest BCUT2D eigenvalue weighted by molar-refractivity contribution is 5.94. The number of piperidine rings is 1. The fourth-order valence-corrected chi connectivity index (χ4v) is 4.28. The number of benzene rings is 1. The van der Waals surface area contributed by atoms with Gasteiger partial charge in [-0.25, -0.2) is 0 Å². The topological polar surface area (TPSA) is 65.3 Å². The fraction of sp³-hybridized carbons (Fsp3) is 0.444. The van der Waals surface area contributed by atoms with Gasteiger partial charge in [0.1, 0.15) is 12.3 Å². The second-order valence-corrected chi connectivity index (χ2v) is 8.41. The first-order valence-corrected chi connectivity index (χ1v) is 12.4. The Bertz CT molecular complexity index is 1190. The van der Waals surface area contributed by atoms with Crippen LogP contribution in [0.2, 0.25) is 0 Å². The van der Waals surface area contributed by atoms with E-state index in [0.29, 0.717) is 16.9 Å². The predicted molar refractivity (Wildman–Crippen MR) is 139 cm³/mol. The number of hydrogen-bond donors (Lipinski definition) is 3. The molecular weight excluding hydrogens is 467 g/mol. The Kier molecular flexibility index (Phi) is 9.48. The molecule has 0 atom stereocenters. The second-order valence-electron chi connectivity index (χ2n) is 8.41. The largest absolute Gasteiger partial charge is 0.506 e. The van der Waals surface area contributed by atoms with E-state index in [1.165, 1.54) is 23.0 Å². The van der Waals surface area contributed by atoms with Crippen molar-refractivity contribution in [2.75, 3.05) is 36.8 Å². The van der Waals surface area contributed by atoms with E-state index in [1.54, 1.807) is 18.2 Å². The SMILES string of the molecule is CC.CCN1CCC(Nc2cccc3c2cc(C#CCNc2cncc(O)c2)n3CC(F)(F)F)CC1. The number of rotatable bonds is 6. The number of anilines is 2. The van der Waals surface area contributed by atoms with Gasteiger partial charge in [0, 0.05) is 36.3 Å². The molecule has 0 aliphatic carbocycles. The lowest BCUT2D eigenvalue weighted by Gasteiger charge is -2.32. The molecule has 3 N–H and O–H groups in total. The minimum Gasteiger partial charge on any atom is -0.506 e. The summed E-state index contributed by atoms with van der Waals surface area (Å²) in [6.45, 7) is 8.29. The summed E-state index contributed by atoms with van der Waals surface area (Å²) in [5.74, 6) is 5.79. The molecule has 0 unspecified atom stereocenters. The molecule has 1 saturated heterocycles. The number of halogens is 3. The number of hydrogen-bond acceptors (Lipinski definition) is 5. The van der Waals surface area contributed by atoms with Gasteiger partial charge in [-0.1, -0.05) is 32.8 Å². The van der Waals surface area contributed by atoms with Crippen LogP contribution in [0, 0.1) is 11.8 Å². The zero-order chi connectivity index (χ0) is 26.1. The number of alkyl halides is 3. The summed E-state index contributed by atoms with van der Waals surface area (Å²) < 4.78 is 41.4. The molecule has 0 spiro atoms. The molecule has 0 bridgehead atoms. The van der Waals surface area contributed by atoms with Gasteiger partial charge in [0.2, 0.25) is 0 Å². The van der Waals surface area contributed by atoms with Gasteiger partial charge in [-0.15, -0.1) is 0 Å². The molecule has 1 aromatic carbocycles. The van der Waals surface area contributed by atoms with Crippen LogP contribution < -0.4 is 10.6 Å². The van der Waals surface area contributed by atoms with Gasteiger partial charge in [-0.2, -0.15) is 13.2 Å². The average molecular weight is 502 g/mol. The zero-order valence-corrected chi connectivity index (χ0v) is 21.0. The molecule has 9 heteroatoms. The summed E-state index contributed by atoms with van der Waals surface area (Å²) in [6.07, 6.45) is 0.464. The number of nitrogens with zero attached hydrogens (tertiary/aromatic N) is 3. The molecule has 3 aromatic rings. The van der Waals surface area contributed by atoms with Gasteiger partial charge in [-0.3, -0.25) is 4.98 Å². The molecule has 1 aliphatic rings. The number of pyridine rings is 1. The third-order valence-electron chi connectivity index (χ3n) is 6.00. The first-order valence-electron chi connectivity index (χ1n) is 12.4. The normalized spacial score (nSPS) is 14.5. The van der Waals surface area contributed by atoms with E-state index in [-0.39, 0.29) is 18.3 Å². The minimum absolute atomic E-state index is 0.0173. The van der Waals surface area contributed by atoms with Gasteiger partial charge < -0.3 is 25.2 Å². The van der Waals surface area contributed by atoms with Gasteiger partial charge >= 0.3 is 6.18 Å². The molecule has 0 saturated carbocycles. The predicted octanol–water partition coefficient (Wildman–Crippen LogP) is 5.69. The monoisotopic (exact) mass is 501 g/mol. The molecule has 4 rings (SSSR count). The van der Waals surface area contributed by atoms with Gasteiger partial charge in [-0.05, 0) is 43.5 Å². The van der Waals surface area contributed by atoms with Crippen LogP contribution >= 0.6 is 0 Å². The number of aromatic nitrogens is 2. The summed E-state index contributed by atoms with van der Waals surface area (Å²) in [5, 5.41) is 16.8. The van der Waals surface area contributed by atoms with Crippen LogP contribution in [0.1, 0.15) is 39.3 Å². The van der Waals surface area contributed by atoms with Crippen LogP contribution in [0.3, 0.4) is 0 Å². The molecule has 1 fully saturated rings. The van der Waals surface area contributed by atoms with E-state index in [9.17, 15) is 18.3 Å². The molecule has 0 radical (unpaired) electrons. The van der Waals surface area contributed by atoms with Crippen LogP contribution in [-0.4, -0.2) is 58.0 Å². The molecular formula is C27H34F3N5O. The highest BCUT2D eigenvalue weighted by atomic mass is 19.4. The van der Waals surface area contributed by atoms with Gasteiger partial charge in [0.25, 0.3) is 0 Å². The van der Waals surface area contributed by atoms with Crippen LogP contribution in [-0.2, 0) is 6.54 Å². The number of aromatic hydroxyl groups is 1. The zero-order valence-electron chi connectivity index (χ0n) is 21.0. The van der Waals surface area contributed by atoms with Crippen molar-refractivity contribution < 1.29 is 18.3 Å². The Morgan fingerprint density at radius 1 is 1.14 bits per heavy atom. The van der Waals surface area contributed by atoms with E-state index in [2.05, 4.69) is 39.3 Å². The maximum Gasteiger partial charge on any atom is 0.406 e. The average Bonchev–Trinajstić information content (AvgIpc) is 3.20. The van der Waals surface area contributed by atoms with Crippen molar-refractivity contribution in [2.45, 2.75) is 52.4 Å². The van der Waals surface area contributed by atoms with Crippen molar-refractivity contribution >= 4 is 22.3 Å². The quantitative estimate of drug-likeness (QED) is 0.379. The van der Waals surface area contributed by atoms with Crippen molar-refractivity contribution in [3.63, 3.8) is 0 Å². The van der Waals surface area contributed by atoms with Crippen LogP contribution in [0.5, 0.6) is 5.75 Å². The standard InChI is InChI=1S/C25H28F3N5O.C2H6/c1-2-32-11-8-18(9-12-32)31-23-6-3-7-24-22(23)14-20(33(24)17-25(26,27)28)5-4-10-30-19-13-21(34)16-29-15-19;1-2/h3,6-7,13-16,18,30-31,34H,2,8-12,17H2,1H3;1-2H3. The summed E-state index contributed by atoms with van der Waals surface area (Å²) >= 11 is 0. The summed E-state index contributed by atoms with van der Waals surface area (Å²) in [5.41, 5.74) is 2.21. The first kappa shape index (κ1) is 27.2. The van der Waals surface area contributed by atoms with Gasteiger partial charge in [0.15, 0.2) is 0 Å². The minimum atomic E-state index is -4.37. The van der Waals surface area contributed by atoms with Crippen molar-refractivity contribution in [3.05, 3.63) is 48.4 Å². The number of nitrogens with one attached hydrogen (secondary N) is 2. The lowest BCUT2D eigenvalue weighted by molar-refractivity contribution is -0.140. The highest BCUT2D eigenvalue weighted by Gasteiger charge is 2.30. The lowest BCUT2D eigenvalue weighted by Crippen LogP contribution is -2.38. The van der Waals surface area contributed by atoms with Crippen molar-refractivity contribution in [1.29, 1.82) is 0 Å². The fourth-order valence-electron chi connectivity index (χ4n) is 4.28. The third kappa shape index (κ3) is 7.31. The van der Waals surface area contributed by atoms with Crippen molar-refractivity contribution in [1.82, 2.24) is 14.5 Å². The molecule has 194 valence electrons. The molecule has 2 aromatic heterocycles. The summed E-state index contributed by atoms with van der Waals surface area (Å²) in [6, 6.07) is 8.92. The lowest BCUT2D eigenvalue weighted by atomic mass is 10.0. The smallest absolute Gasteiger partial charge is 0.406 e. The van der Waals surface area contributed by atoms with Crippen molar-refractivity contribution in [3.8, 4) is 17.6 Å². The molecule has 3 heterocycles. The Hall–Kier alpha value is -3.38. The van der Waals surface area contributed by atoms with E-state index < -0.39 is 12.7 Å². The van der Waals surface area contributed by atoms with Crippen LogP contribution in [0.15, 0.2) is 42.7 Å². The van der Waals surface area contributed by atoms with E-state index in [4.69, 9.17) is 0 Å². The molecule has 1 aliphatic heterocycles. The Labute approximate surface area is 210 Å². The maximum atomic E-state index is 13.4. The Morgan fingerprint density at radius 2 is 1.89 bits per heavy atom. The van der Waals surface area contributed by atoms with Crippen molar-refractivity contribution in [2.24, 2.45) is 0 Å². The third-order valence-corrected chi connectivity index (χ3v) is 6.00. The molecule has 36 heavy (non-hydrogen) atoms.